The fraction of sp³-hybridized carbons (Fsp3) is 0.304. The molecule has 29 heavy (non-hydrogen) atoms. The van der Waals surface area contributed by atoms with Crippen molar-refractivity contribution in [3.8, 4) is 22.8 Å². The molecule has 0 unspecified atom stereocenters. The number of carbonyl (C=O) groups excluding carboxylic acids is 1. The smallest absolute Gasteiger partial charge is 0.260 e. The van der Waals surface area contributed by atoms with Gasteiger partial charge in [-0.05, 0) is 18.8 Å². The van der Waals surface area contributed by atoms with Crippen LogP contribution in [0.25, 0.3) is 22.3 Å². The molecule has 1 aliphatic heterocycles. The second-order valence-electron chi connectivity index (χ2n) is 7.53. The van der Waals surface area contributed by atoms with Crippen LogP contribution >= 0.6 is 0 Å². The van der Waals surface area contributed by atoms with Gasteiger partial charge in [0, 0.05) is 36.9 Å². The summed E-state index contributed by atoms with van der Waals surface area (Å²) in [6.07, 6.45) is 2.13. The highest BCUT2D eigenvalue weighted by molar-refractivity contribution is 5.86. The Morgan fingerprint density at radius 1 is 1.24 bits per heavy atom. The second kappa shape index (κ2) is 7.99. The van der Waals surface area contributed by atoms with Crippen LogP contribution in [0.2, 0.25) is 0 Å². The monoisotopic (exact) mass is 393 g/mol. The third kappa shape index (κ3) is 4.11. The number of phenolic OH excluding ortho intramolecular Hbond substituents is 1. The number of carbonyl (C=O) groups is 1. The summed E-state index contributed by atoms with van der Waals surface area (Å²) in [6.45, 7) is 3.49. The summed E-state index contributed by atoms with van der Waals surface area (Å²) in [7, 11) is 0. The largest absolute Gasteiger partial charge is 0.507 e. The average molecular weight is 393 g/mol. The first-order chi connectivity index (χ1) is 14.0. The summed E-state index contributed by atoms with van der Waals surface area (Å²) in [5.74, 6) is 0.850. The van der Waals surface area contributed by atoms with E-state index in [4.69, 9.17) is 9.15 Å². The van der Waals surface area contributed by atoms with E-state index in [9.17, 15) is 14.7 Å². The highest BCUT2D eigenvalue weighted by atomic mass is 16.5. The van der Waals surface area contributed by atoms with Gasteiger partial charge in [0.2, 0.25) is 0 Å². The second-order valence-corrected chi connectivity index (χ2v) is 7.53. The fourth-order valence-corrected chi connectivity index (χ4v) is 3.72. The van der Waals surface area contributed by atoms with Crippen molar-refractivity contribution < 1.29 is 19.1 Å². The molecule has 1 amide bonds. The maximum absolute atomic E-state index is 12.5. The lowest BCUT2D eigenvalue weighted by Crippen LogP contribution is -2.41. The number of rotatable bonds is 4. The van der Waals surface area contributed by atoms with Gasteiger partial charge in [0.05, 0.1) is 0 Å². The number of benzene rings is 2. The minimum atomic E-state index is -0.340. The molecular weight excluding hydrogens is 370 g/mol. The number of likely N-dealkylation sites (tertiary alicyclic amines) is 1. The van der Waals surface area contributed by atoms with Gasteiger partial charge in [-0.25, -0.2) is 0 Å². The van der Waals surface area contributed by atoms with Gasteiger partial charge in [-0.3, -0.25) is 9.59 Å². The maximum atomic E-state index is 12.5. The Labute approximate surface area is 168 Å². The first-order valence-corrected chi connectivity index (χ1v) is 9.78. The van der Waals surface area contributed by atoms with E-state index in [0.29, 0.717) is 11.7 Å². The van der Waals surface area contributed by atoms with Crippen molar-refractivity contribution in [1.82, 2.24) is 4.90 Å². The zero-order valence-corrected chi connectivity index (χ0v) is 16.3. The van der Waals surface area contributed by atoms with Gasteiger partial charge >= 0.3 is 0 Å². The van der Waals surface area contributed by atoms with E-state index in [1.54, 1.807) is 0 Å². The van der Waals surface area contributed by atoms with Crippen molar-refractivity contribution in [2.75, 3.05) is 19.7 Å². The zero-order chi connectivity index (χ0) is 20.4. The molecule has 0 saturated carbocycles. The topological polar surface area (TPSA) is 80.0 Å². The Bertz CT molecular complexity index is 1090. The number of hydrogen-bond acceptors (Lipinski definition) is 5. The number of phenols is 1. The molecule has 1 atom stereocenters. The van der Waals surface area contributed by atoms with E-state index in [0.717, 1.165) is 31.5 Å². The normalized spacial score (nSPS) is 16.7. The molecule has 6 heteroatoms. The van der Waals surface area contributed by atoms with E-state index in [2.05, 4.69) is 6.92 Å². The minimum Gasteiger partial charge on any atom is -0.507 e. The summed E-state index contributed by atoms with van der Waals surface area (Å²) >= 11 is 0. The Morgan fingerprint density at radius 3 is 2.79 bits per heavy atom. The van der Waals surface area contributed by atoms with Gasteiger partial charge in [0.25, 0.3) is 5.91 Å². The number of hydrogen-bond donors (Lipinski definition) is 1. The quantitative estimate of drug-likeness (QED) is 0.729. The third-order valence-electron chi connectivity index (χ3n) is 5.21. The summed E-state index contributed by atoms with van der Waals surface area (Å²) in [6, 6.07) is 13.5. The van der Waals surface area contributed by atoms with Crippen LogP contribution in [0.4, 0.5) is 0 Å². The van der Waals surface area contributed by atoms with Crippen LogP contribution in [0.1, 0.15) is 19.8 Å². The predicted molar refractivity (Wildman–Crippen MR) is 110 cm³/mol. The fourth-order valence-electron chi connectivity index (χ4n) is 3.72. The number of aromatic hydroxyl groups is 1. The molecule has 1 N–H and O–H groups in total. The van der Waals surface area contributed by atoms with Crippen LogP contribution in [0.15, 0.2) is 57.7 Å². The van der Waals surface area contributed by atoms with E-state index < -0.39 is 0 Å². The molecule has 0 aliphatic carbocycles. The Kier molecular flexibility index (Phi) is 5.25. The lowest BCUT2D eigenvalue weighted by Gasteiger charge is -2.30. The molecule has 0 spiro atoms. The van der Waals surface area contributed by atoms with Crippen LogP contribution in [-0.4, -0.2) is 35.6 Å². The molecule has 0 bridgehead atoms. The van der Waals surface area contributed by atoms with Crippen LogP contribution < -0.4 is 10.2 Å². The summed E-state index contributed by atoms with van der Waals surface area (Å²) in [5, 5.41) is 10.4. The number of piperidine rings is 1. The molecule has 3 aromatic rings. The van der Waals surface area contributed by atoms with E-state index in [1.165, 1.54) is 18.2 Å². The molecule has 150 valence electrons. The SMILES string of the molecule is C[C@H]1CCCN(C(=O)COc2cc(O)c3c(=O)cc(-c4ccccc4)oc3c2)C1. The van der Waals surface area contributed by atoms with Gasteiger partial charge in [0.1, 0.15) is 28.2 Å². The van der Waals surface area contributed by atoms with Crippen LogP contribution in [0.5, 0.6) is 11.5 Å². The van der Waals surface area contributed by atoms with Crippen molar-refractivity contribution in [3.63, 3.8) is 0 Å². The van der Waals surface area contributed by atoms with Gasteiger partial charge in [-0.1, -0.05) is 37.3 Å². The molecular formula is C23H23NO5. The molecule has 1 fully saturated rings. The van der Waals surface area contributed by atoms with Crippen molar-refractivity contribution in [2.45, 2.75) is 19.8 Å². The lowest BCUT2D eigenvalue weighted by molar-refractivity contribution is -0.135. The van der Waals surface area contributed by atoms with Crippen molar-refractivity contribution in [3.05, 3.63) is 58.8 Å². The highest BCUT2D eigenvalue weighted by Crippen LogP contribution is 2.31. The Hall–Kier alpha value is -3.28. The number of ether oxygens (including phenoxy) is 1. The van der Waals surface area contributed by atoms with Gasteiger partial charge < -0.3 is 19.2 Å². The maximum Gasteiger partial charge on any atom is 0.260 e. The summed E-state index contributed by atoms with van der Waals surface area (Å²) in [5.41, 5.74) is 0.629. The van der Waals surface area contributed by atoms with Gasteiger partial charge in [-0.15, -0.1) is 0 Å². The first-order valence-electron chi connectivity index (χ1n) is 9.78. The molecule has 1 saturated heterocycles. The molecule has 2 heterocycles. The molecule has 1 aliphatic rings. The standard InChI is InChI=1S/C23H23NO5/c1-15-6-5-9-24(13-15)22(27)14-28-17-10-18(25)23-19(26)12-20(29-21(23)11-17)16-7-3-2-4-8-16/h2-4,7-8,10-12,15,25H,5-6,9,13-14H2,1H3/t15-/m0/s1. The van der Waals surface area contributed by atoms with E-state index in [1.807, 2.05) is 35.2 Å². The van der Waals surface area contributed by atoms with Crippen LogP contribution in [-0.2, 0) is 4.79 Å². The summed E-state index contributed by atoms with van der Waals surface area (Å²) in [4.78, 5) is 26.7. The first kappa shape index (κ1) is 19.1. The van der Waals surface area contributed by atoms with Gasteiger partial charge in [0.15, 0.2) is 12.0 Å². The van der Waals surface area contributed by atoms with Crippen LogP contribution in [0, 0.1) is 5.92 Å². The van der Waals surface area contributed by atoms with Crippen molar-refractivity contribution in [2.24, 2.45) is 5.92 Å². The van der Waals surface area contributed by atoms with Gasteiger partial charge in [-0.2, -0.15) is 0 Å². The van der Waals surface area contributed by atoms with Crippen LogP contribution in [0.3, 0.4) is 0 Å². The highest BCUT2D eigenvalue weighted by Gasteiger charge is 2.21. The molecule has 6 nitrogen and oxygen atoms in total. The van der Waals surface area contributed by atoms with Crippen molar-refractivity contribution >= 4 is 16.9 Å². The average Bonchev–Trinajstić information content (AvgIpc) is 2.72. The lowest BCUT2D eigenvalue weighted by atomic mass is 10.0. The zero-order valence-electron chi connectivity index (χ0n) is 16.3. The number of nitrogens with zero attached hydrogens (tertiary/aromatic N) is 1. The molecule has 1 aromatic heterocycles. The third-order valence-corrected chi connectivity index (χ3v) is 5.21. The molecule has 0 radical (unpaired) electrons. The molecule has 2 aromatic carbocycles. The Balaban J connectivity index is 1.59. The van der Waals surface area contributed by atoms with Crippen molar-refractivity contribution in [1.29, 1.82) is 0 Å². The number of amides is 1. The predicted octanol–water partition coefficient (Wildman–Crippen LogP) is 3.80. The Morgan fingerprint density at radius 2 is 2.03 bits per heavy atom. The van der Waals surface area contributed by atoms with E-state index >= 15 is 0 Å². The van der Waals surface area contributed by atoms with E-state index in [-0.39, 0.29) is 40.4 Å². The number of fused-ring (bicyclic) bond motifs is 1. The molecule has 4 rings (SSSR count). The minimum absolute atomic E-state index is 0.0874. The summed E-state index contributed by atoms with van der Waals surface area (Å²) < 4.78 is 11.5.